The first-order valence-corrected chi connectivity index (χ1v) is 7.45. The van der Waals surface area contributed by atoms with Crippen LogP contribution in [0.25, 0.3) is 0 Å². The predicted molar refractivity (Wildman–Crippen MR) is 69.8 cm³/mol. The summed E-state index contributed by atoms with van der Waals surface area (Å²) < 4.78 is 32.0. The second kappa shape index (κ2) is 5.26. The first-order valence-electron chi connectivity index (χ1n) is 5.96. The highest BCUT2D eigenvalue weighted by Crippen LogP contribution is 2.17. The lowest BCUT2D eigenvalue weighted by Crippen LogP contribution is -2.31. The van der Waals surface area contributed by atoms with Crippen molar-refractivity contribution in [2.45, 2.75) is 30.8 Å². The Morgan fingerprint density at radius 1 is 1.50 bits per heavy atom. The van der Waals surface area contributed by atoms with E-state index in [4.69, 9.17) is 10.5 Å². The Balaban J connectivity index is 2.07. The lowest BCUT2D eigenvalue weighted by molar-refractivity contribution is 0.114. The van der Waals surface area contributed by atoms with Crippen molar-refractivity contribution in [2.75, 3.05) is 18.9 Å². The topological polar surface area (TPSA) is 81.4 Å². The fourth-order valence-electron chi connectivity index (χ4n) is 1.91. The number of nitrogen functional groups attached to an aromatic ring is 1. The van der Waals surface area contributed by atoms with Gasteiger partial charge in [0.05, 0.1) is 11.0 Å². The second-order valence-corrected chi connectivity index (χ2v) is 6.27. The normalized spacial score (nSPS) is 20.2. The van der Waals surface area contributed by atoms with Gasteiger partial charge < -0.3 is 10.5 Å². The molecular weight excluding hydrogens is 252 g/mol. The Bertz CT molecular complexity index is 522. The molecule has 1 aliphatic rings. The number of anilines is 1. The zero-order chi connectivity index (χ0) is 13.2. The van der Waals surface area contributed by atoms with Crippen molar-refractivity contribution in [3.05, 3.63) is 23.8 Å². The summed E-state index contributed by atoms with van der Waals surface area (Å²) in [7, 11) is -3.47. The Hall–Kier alpha value is -1.11. The average Bonchev–Trinajstić information content (AvgIpc) is 2.83. The fourth-order valence-corrected chi connectivity index (χ4v) is 3.06. The van der Waals surface area contributed by atoms with E-state index in [1.54, 1.807) is 19.1 Å². The molecule has 1 saturated heterocycles. The Morgan fingerprint density at radius 2 is 2.28 bits per heavy atom. The first kappa shape index (κ1) is 13.3. The van der Waals surface area contributed by atoms with Crippen molar-refractivity contribution in [2.24, 2.45) is 0 Å². The van der Waals surface area contributed by atoms with Crippen molar-refractivity contribution >= 4 is 15.7 Å². The number of hydrogen-bond donors (Lipinski definition) is 2. The molecule has 1 unspecified atom stereocenters. The summed E-state index contributed by atoms with van der Waals surface area (Å²) >= 11 is 0. The number of sulfonamides is 1. The maximum atomic E-state index is 12.0. The number of rotatable bonds is 4. The molecule has 5 nitrogen and oxygen atoms in total. The smallest absolute Gasteiger partial charge is 0.240 e. The fraction of sp³-hybridized carbons (Fsp3) is 0.500. The summed E-state index contributed by atoms with van der Waals surface area (Å²) in [5.41, 5.74) is 7.02. The van der Waals surface area contributed by atoms with Crippen molar-refractivity contribution in [1.29, 1.82) is 0 Å². The molecular formula is C12H18N2O3S. The van der Waals surface area contributed by atoms with Crippen LogP contribution in [0.2, 0.25) is 0 Å². The number of hydrogen-bond acceptors (Lipinski definition) is 4. The third-order valence-corrected chi connectivity index (χ3v) is 4.50. The van der Waals surface area contributed by atoms with E-state index in [0.717, 1.165) is 18.4 Å². The largest absolute Gasteiger partial charge is 0.399 e. The van der Waals surface area contributed by atoms with Gasteiger partial charge in [-0.1, -0.05) is 0 Å². The van der Waals surface area contributed by atoms with Gasteiger partial charge in [0, 0.05) is 18.8 Å². The SMILES string of the molecule is Cc1cc(S(=O)(=O)NCC2CCCO2)ccc1N. The number of benzene rings is 1. The van der Waals surface area contributed by atoms with Crippen LogP contribution in [-0.2, 0) is 14.8 Å². The Labute approximate surface area is 107 Å². The van der Waals surface area contributed by atoms with Gasteiger partial charge in [-0.3, -0.25) is 0 Å². The van der Waals surface area contributed by atoms with Gasteiger partial charge in [-0.25, -0.2) is 13.1 Å². The van der Waals surface area contributed by atoms with Gasteiger partial charge in [0.25, 0.3) is 0 Å². The van der Waals surface area contributed by atoms with E-state index in [1.807, 2.05) is 0 Å². The highest BCUT2D eigenvalue weighted by Gasteiger charge is 2.20. The van der Waals surface area contributed by atoms with E-state index in [1.165, 1.54) is 6.07 Å². The molecule has 0 aliphatic carbocycles. The van der Waals surface area contributed by atoms with Crippen molar-refractivity contribution in [3.63, 3.8) is 0 Å². The number of ether oxygens (including phenoxy) is 1. The van der Waals surface area contributed by atoms with Gasteiger partial charge in [0.15, 0.2) is 0 Å². The van der Waals surface area contributed by atoms with Gasteiger partial charge in [0.2, 0.25) is 10.0 Å². The van der Waals surface area contributed by atoms with Crippen molar-refractivity contribution < 1.29 is 13.2 Å². The van der Waals surface area contributed by atoms with E-state index >= 15 is 0 Å². The zero-order valence-electron chi connectivity index (χ0n) is 10.3. The minimum Gasteiger partial charge on any atom is -0.399 e. The highest BCUT2D eigenvalue weighted by atomic mass is 32.2. The molecule has 1 aromatic carbocycles. The zero-order valence-corrected chi connectivity index (χ0v) is 11.2. The molecule has 18 heavy (non-hydrogen) atoms. The van der Waals surface area contributed by atoms with Crippen LogP contribution in [0.4, 0.5) is 5.69 Å². The Kier molecular flexibility index (Phi) is 3.89. The summed E-state index contributed by atoms with van der Waals surface area (Å²) in [5.74, 6) is 0. The minimum absolute atomic E-state index is 0.00495. The molecule has 1 atom stereocenters. The molecule has 1 heterocycles. The molecule has 0 spiro atoms. The summed E-state index contributed by atoms with van der Waals surface area (Å²) in [5, 5.41) is 0. The number of nitrogens with two attached hydrogens (primary N) is 1. The van der Waals surface area contributed by atoms with E-state index in [9.17, 15) is 8.42 Å². The molecule has 6 heteroatoms. The lowest BCUT2D eigenvalue weighted by atomic mass is 10.2. The third-order valence-electron chi connectivity index (χ3n) is 3.08. The summed E-state index contributed by atoms with van der Waals surface area (Å²) in [6.45, 7) is 2.83. The van der Waals surface area contributed by atoms with Crippen LogP contribution in [0.3, 0.4) is 0 Å². The monoisotopic (exact) mass is 270 g/mol. The second-order valence-electron chi connectivity index (χ2n) is 4.51. The lowest BCUT2D eigenvalue weighted by Gasteiger charge is -2.12. The average molecular weight is 270 g/mol. The van der Waals surface area contributed by atoms with Gasteiger partial charge in [-0.05, 0) is 43.5 Å². The molecule has 0 amide bonds. The predicted octanol–water partition coefficient (Wildman–Crippen LogP) is 1.03. The molecule has 0 saturated carbocycles. The van der Waals surface area contributed by atoms with Crippen LogP contribution in [-0.4, -0.2) is 27.7 Å². The van der Waals surface area contributed by atoms with Gasteiger partial charge in [-0.15, -0.1) is 0 Å². The Morgan fingerprint density at radius 3 is 2.89 bits per heavy atom. The molecule has 0 radical (unpaired) electrons. The van der Waals surface area contributed by atoms with Gasteiger partial charge in [0.1, 0.15) is 0 Å². The van der Waals surface area contributed by atoms with Crippen molar-refractivity contribution in [3.8, 4) is 0 Å². The van der Waals surface area contributed by atoms with E-state index in [2.05, 4.69) is 4.72 Å². The highest BCUT2D eigenvalue weighted by molar-refractivity contribution is 7.89. The third kappa shape index (κ3) is 3.01. The van der Waals surface area contributed by atoms with Gasteiger partial charge in [-0.2, -0.15) is 0 Å². The summed E-state index contributed by atoms with van der Waals surface area (Å²) in [4.78, 5) is 0.243. The molecule has 0 bridgehead atoms. The van der Waals surface area contributed by atoms with E-state index < -0.39 is 10.0 Å². The van der Waals surface area contributed by atoms with Crippen LogP contribution in [0.1, 0.15) is 18.4 Å². The molecule has 1 fully saturated rings. The van der Waals surface area contributed by atoms with E-state index in [0.29, 0.717) is 18.8 Å². The van der Waals surface area contributed by atoms with Crippen LogP contribution in [0.15, 0.2) is 23.1 Å². The number of nitrogens with one attached hydrogen (secondary N) is 1. The standard InChI is InChI=1S/C12H18N2O3S/c1-9-7-11(4-5-12(9)13)18(15,16)14-8-10-3-2-6-17-10/h4-5,7,10,14H,2-3,6,8,13H2,1H3. The molecule has 1 aromatic rings. The quantitative estimate of drug-likeness (QED) is 0.801. The first-order chi connectivity index (χ1) is 8.49. The van der Waals surface area contributed by atoms with Crippen LogP contribution < -0.4 is 10.5 Å². The molecule has 1 aliphatic heterocycles. The molecule has 3 N–H and O–H groups in total. The summed E-state index contributed by atoms with van der Waals surface area (Å²) in [6, 6.07) is 4.70. The van der Waals surface area contributed by atoms with Crippen LogP contribution in [0, 0.1) is 6.92 Å². The maximum Gasteiger partial charge on any atom is 0.240 e. The van der Waals surface area contributed by atoms with Crippen LogP contribution >= 0.6 is 0 Å². The maximum absolute atomic E-state index is 12.0. The molecule has 100 valence electrons. The molecule has 0 aromatic heterocycles. The van der Waals surface area contributed by atoms with E-state index in [-0.39, 0.29) is 11.0 Å². The summed E-state index contributed by atoms with van der Waals surface area (Å²) in [6.07, 6.45) is 1.89. The minimum atomic E-state index is -3.47. The molecule has 2 rings (SSSR count). The number of aryl methyl sites for hydroxylation is 1. The van der Waals surface area contributed by atoms with Crippen LogP contribution in [0.5, 0.6) is 0 Å². The van der Waals surface area contributed by atoms with Gasteiger partial charge >= 0.3 is 0 Å². The van der Waals surface area contributed by atoms with Crippen molar-refractivity contribution in [1.82, 2.24) is 4.72 Å².